The average Bonchev–Trinajstić information content (AvgIpc) is 2.57. The highest BCUT2D eigenvalue weighted by Crippen LogP contribution is 2.23. The van der Waals surface area contributed by atoms with Gasteiger partial charge in [-0.3, -0.25) is 4.79 Å². The molecule has 19 heavy (non-hydrogen) atoms. The Morgan fingerprint density at radius 2 is 1.84 bits per heavy atom. The van der Waals surface area contributed by atoms with E-state index in [4.69, 9.17) is 4.42 Å². The molecule has 1 aromatic carbocycles. The second kappa shape index (κ2) is 4.96. The van der Waals surface area contributed by atoms with Crippen molar-refractivity contribution in [2.45, 2.75) is 27.2 Å². The van der Waals surface area contributed by atoms with Gasteiger partial charge in [0.2, 0.25) is 0 Å². The number of furan rings is 1. The zero-order valence-electron chi connectivity index (χ0n) is 11.0. The minimum atomic E-state index is -0.705. The Labute approximate surface area is 110 Å². The van der Waals surface area contributed by atoms with Gasteiger partial charge in [0.25, 0.3) is 0 Å². The second-order valence-electron chi connectivity index (χ2n) is 4.55. The van der Waals surface area contributed by atoms with Crippen molar-refractivity contribution in [3.8, 4) is 0 Å². The lowest BCUT2D eigenvalue weighted by Gasteiger charge is -2.03. The summed E-state index contributed by atoms with van der Waals surface area (Å²) in [5.74, 6) is -0.371. The third-order valence-corrected chi connectivity index (χ3v) is 3.21. The number of aryl methyl sites for hydroxylation is 2. The minimum Gasteiger partial charge on any atom is -0.466 e. The predicted octanol–water partition coefficient (Wildman–Crippen LogP) is 3.91. The number of carbonyl (C=O) groups is 1. The second-order valence-corrected chi connectivity index (χ2v) is 4.55. The van der Waals surface area contributed by atoms with Crippen LogP contribution >= 0.6 is 0 Å². The maximum Gasteiger partial charge on any atom is 0.171 e. The van der Waals surface area contributed by atoms with Gasteiger partial charge in [-0.1, -0.05) is 6.07 Å². The molecule has 1 heterocycles. The summed E-state index contributed by atoms with van der Waals surface area (Å²) in [6, 6.07) is 3.22. The topological polar surface area (TPSA) is 30.2 Å². The standard InChI is InChI=1S/C15H14F2O2/c1-8-9(2)19-10(3)15(8)14(18)6-11-4-5-12(16)7-13(11)17/h4-5,7H,6H2,1-3H3. The first-order valence-electron chi connectivity index (χ1n) is 5.94. The molecule has 4 heteroatoms. The van der Waals surface area contributed by atoms with E-state index in [1.807, 2.05) is 0 Å². The van der Waals surface area contributed by atoms with Crippen molar-refractivity contribution in [2.75, 3.05) is 0 Å². The van der Waals surface area contributed by atoms with E-state index < -0.39 is 11.6 Å². The lowest BCUT2D eigenvalue weighted by atomic mass is 9.99. The van der Waals surface area contributed by atoms with Gasteiger partial charge >= 0.3 is 0 Å². The van der Waals surface area contributed by atoms with E-state index in [0.29, 0.717) is 17.1 Å². The summed E-state index contributed by atoms with van der Waals surface area (Å²) in [4.78, 5) is 12.2. The van der Waals surface area contributed by atoms with Gasteiger partial charge in [0.05, 0.1) is 5.56 Å². The third kappa shape index (κ3) is 2.57. The number of benzene rings is 1. The molecule has 0 saturated heterocycles. The van der Waals surface area contributed by atoms with Crippen LogP contribution in [0.15, 0.2) is 22.6 Å². The van der Waals surface area contributed by atoms with Gasteiger partial charge in [-0.2, -0.15) is 0 Å². The zero-order valence-corrected chi connectivity index (χ0v) is 11.0. The van der Waals surface area contributed by atoms with E-state index in [1.165, 1.54) is 6.07 Å². The number of ketones is 1. The summed E-state index contributed by atoms with van der Waals surface area (Å²) in [6.07, 6.45) is -0.104. The maximum atomic E-state index is 13.5. The fraction of sp³-hybridized carbons (Fsp3) is 0.267. The lowest BCUT2D eigenvalue weighted by molar-refractivity contribution is 0.0990. The van der Waals surface area contributed by atoms with Crippen molar-refractivity contribution >= 4 is 5.78 Å². The van der Waals surface area contributed by atoms with E-state index in [1.54, 1.807) is 20.8 Å². The Bertz CT molecular complexity index is 642. The molecule has 0 bridgehead atoms. The summed E-state index contributed by atoms with van der Waals surface area (Å²) < 4.78 is 31.7. The number of halogens is 2. The van der Waals surface area contributed by atoms with Gasteiger partial charge in [0, 0.05) is 18.1 Å². The highest BCUT2D eigenvalue weighted by Gasteiger charge is 2.19. The van der Waals surface area contributed by atoms with Crippen LogP contribution in [-0.4, -0.2) is 5.78 Å². The summed E-state index contributed by atoms with van der Waals surface area (Å²) in [7, 11) is 0. The zero-order chi connectivity index (χ0) is 14.2. The SMILES string of the molecule is Cc1oc(C)c(C(=O)Cc2ccc(F)cc2F)c1C. The summed E-state index contributed by atoms with van der Waals surface area (Å²) >= 11 is 0. The first-order valence-corrected chi connectivity index (χ1v) is 5.94. The van der Waals surface area contributed by atoms with Gasteiger partial charge in [-0.05, 0) is 32.4 Å². The van der Waals surface area contributed by atoms with Gasteiger partial charge in [-0.25, -0.2) is 8.78 Å². The van der Waals surface area contributed by atoms with Crippen molar-refractivity contribution < 1.29 is 18.0 Å². The Balaban J connectivity index is 2.31. The Hall–Kier alpha value is -1.97. The normalized spacial score (nSPS) is 10.8. The fourth-order valence-corrected chi connectivity index (χ4v) is 2.13. The molecule has 100 valence electrons. The van der Waals surface area contributed by atoms with Gasteiger partial charge in [0.15, 0.2) is 5.78 Å². The monoisotopic (exact) mass is 264 g/mol. The van der Waals surface area contributed by atoms with Gasteiger partial charge < -0.3 is 4.42 Å². The average molecular weight is 264 g/mol. The molecule has 0 fully saturated rings. The molecular formula is C15H14F2O2. The molecule has 2 nitrogen and oxygen atoms in total. The molecule has 0 aliphatic rings. The summed E-state index contributed by atoms with van der Waals surface area (Å²) in [6.45, 7) is 5.27. The highest BCUT2D eigenvalue weighted by atomic mass is 19.1. The van der Waals surface area contributed by atoms with Crippen LogP contribution < -0.4 is 0 Å². The largest absolute Gasteiger partial charge is 0.466 e. The van der Waals surface area contributed by atoms with Crippen LogP contribution in [0.25, 0.3) is 0 Å². The van der Waals surface area contributed by atoms with Gasteiger partial charge in [0.1, 0.15) is 23.2 Å². The quantitative estimate of drug-likeness (QED) is 0.787. The molecule has 0 aliphatic heterocycles. The maximum absolute atomic E-state index is 13.5. The Morgan fingerprint density at radius 1 is 1.16 bits per heavy atom. The Kier molecular flexibility index (Phi) is 3.51. The predicted molar refractivity (Wildman–Crippen MR) is 67.3 cm³/mol. The van der Waals surface area contributed by atoms with E-state index >= 15 is 0 Å². The van der Waals surface area contributed by atoms with Crippen molar-refractivity contribution in [1.82, 2.24) is 0 Å². The number of Topliss-reactive ketones (excluding diaryl/α,β-unsaturated/α-hetero) is 1. The summed E-state index contributed by atoms with van der Waals surface area (Å²) in [5, 5.41) is 0. The summed E-state index contributed by atoms with van der Waals surface area (Å²) in [5.41, 5.74) is 1.44. The molecule has 0 amide bonds. The van der Waals surface area contributed by atoms with E-state index in [9.17, 15) is 13.6 Å². The molecule has 0 aliphatic carbocycles. The molecule has 0 radical (unpaired) electrons. The molecule has 0 spiro atoms. The van der Waals surface area contributed by atoms with Crippen LogP contribution in [0.3, 0.4) is 0 Å². The smallest absolute Gasteiger partial charge is 0.171 e. The Morgan fingerprint density at radius 3 is 2.37 bits per heavy atom. The molecular weight excluding hydrogens is 250 g/mol. The molecule has 2 rings (SSSR count). The number of rotatable bonds is 3. The van der Waals surface area contributed by atoms with Crippen LogP contribution in [-0.2, 0) is 6.42 Å². The minimum absolute atomic E-state index is 0.104. The molecule has 2 aromatic rings. The fourth-order valence-electron chi connectivity index (χ4n) is 2.13. The molecule has 0 saturated carbocycles. The van der Waals surface area contributed by atoms with E-state index in [0.717, 1.165) is 17.7 Å². The lowest BCUT2D eigenvalue weighted by Crippen LogP contribution is -2.07. The van der Waals surface area contributed by atoms with Crippen LogP contribution in [0.4, 0.5) is 8.78 Å². The van der Waals surface area contributed by atoms with Gasteiger partial charge in [-0.15, -0.1) is 0 Å². The van der Waals surface area contributed by atoms with Crippen LogP contribution in [0.5, 0.6) is 0 Å². The van der Waals surface area contributed by atoms with Crippen LogP contribution in [0, 0.1) is 32.4 Å². The number of hydrogen-bond acceptors (Lipinski definition) is 2. The molecule has 0 N–H and O–H groups in total. The highest BCUT2D eigenvalue weighted by molar-refractivity contribution is 5.99. The first-order chi connectivity index (χ1) is 8.90. The first kappa shape index (κ1) is 13.5. The van der Waals surface area contributed by atoms with Crippen molar-refractivity contribution in [2.24, 2.45) is 0 Å². The molecule has 0 atom stereocenters. The molecule has 0 unspecified atom stereocenters. The number of carbonyl (C=O) groups excluding carboxylic acids is 1. The van der Waals surface area contributed by atoms with E-state index in [2.05, 4.69) is 0 Å². The van der Waals surface area contributed by atoms with Crippen molar-refractivity contribution in [3.05, 3.63) is 58.0 Å². The number of hydrogen-bond donors (Lipinski definition) is 0. The van der Waals surface area contributed by atoms with Crippen LogP contribution in [0.1, 0.15) is 33.0 Å². The van der Waals surface area contributed by atoms with E-state index in [-0.39, 0.29) is 17.8 Å². The van der Waals surface area contributed by atoms with Crippen molar-refractivity contribution in [3.63, 3.8) is 0 Å². The van der Waals surface area contributed by atoms with Crippen LogP contribution in [0.2, 0.25) is 0 Å². The third-order valence-electron chi connectivity index (χ3n) is 3.21. The van der Waals surface area contributed by atoms with Crippen molar-refractivity contribution in [1.29, 1.82) is 0 Å². The molecule has 1 aromatic heterocycles.